The normalized spacial score (nSPS) is 25.8. The first-order chi connectivity index (χ1) is 16.9. The second-order valence-electron chi connectivity index (χ2n) is 10.2. The van der Waals surface area contributed by atoms with Crippen LogP contribution < -0.4 is 10.4 Å². The zero-order valence-electron chi connectivity index (χ0n) is 20.4. The fourth-order valence-electron chi connectivity index (χ4n) is 5.52. The number of para-hydroxylation sites is 1. The van der Waals surface area contributed by atoms with Crippen LogP contribution in [0.25, 0.3) is 0 Å². The second-order valence-corrected chi connectivity index (χ2v) is 10.2. The van der Waals surface area contributed by atoms with Gasteiger partial charge in [0.15, 0.2) is 0 Å². The van der Waals surface area contributed by atoms with Gasteiger partial charge in [0.2, 0.25) is 11.8 Å². The standard InChI is InChI=1S/C27H34FN5O2/c1-19(2)32-17-23(25-24(18-32)27(35)33(29-25)22-6-4-3-5-7-22)26(34)31-14-12-30(13-15-31)16-20-8-10-21(28)11-9-20/h3-11,19,23-25,29H,12-18H2,1-2H3. The number of amides is 2. The molecule has 0 aromatic heterocycles. The van der Waals surface area contributed by atoms with Gasteiger partial charge in [0.1, 0.15) is 5.82 Å². The maximum atomic E-state index is 13.8. The number of piperidine rings is 1. The molecule has 7 nitrogen and oxygen atoms in total. The number of anilines is 1. The molecule has 2 aromatic carbocycles. The van der Waals surface area contributed by atoms with Crippen LogP contribution in [0.4, 0.5) is 10.1 Å². The molecule has 3 aliphatic heterocycles. The molecule has 3 saturated heterocycles. The molecule has 0 saturated carbocycles. The smallest absolute Gasteiger partial charge is 0.247 e. The summed E-state index contributed by atoms with van der Waals surface area (Å²) in [4.78, 5) is 33.7. The van der Waals surface area contributed by atoms with Crippen LogP contribution in [0.3, 0.4) is 0 Å². The third-order valence-electron chi connectivity index (χ3n) is 7.61. The van der Waals surface area contributed by atoms with E-state index in [4.69, 9.17) is 0 Å². The Morgan fingerprint density at radius 1 is 1.00 bits per heavy atom. The van der Waals surface area contributed by atoms with Gasteiger partial charge in [0.25, 0.3) is 0 Å². The minimum absolute atomic E-state index is 0.0356. The predicted octanol–water partition coefficient (Wildman–Crippen LogP) is 2.35. The SMILES string of the molecule is CC(C)N1CC(C(=O)N2CCN(Cc3ccc(F)cc3)CC2)C2NN(c3ccccc3)C(=O)C2C1. The number of carbonyl (C=O) groups excluding carboxylic acids is 2. The maximum Gasteiger partial charge on any atom is 0.247 e. The molecule has 3 unspecified atom stereocenters. The Bertz CT molecular complexity index is 1040. The Morgan fingerprint density at radius 2 is 1.69 bits per heavy atom. The van der Waals surface area contributed by atoms with Gasteiger partial charge >= 0.3 is 0 Å². The van der Waals surface area contributed by atoms with E-state index < -0.39 is 0 Å². The average Bonchev–Trinajstić information content (AvgIpc) is 3.22. The molecule has 2 amide bonds. The van der Waals surface area contributed by atoms with Crippen LogP contribution in [0, 0.1) is 17.7 Å². The van der Waals surface area contributed by atoms with Crippen molar-refractivity contribution < 1.29 is 14.0 Å². The van der Waals surface area contributed by atoms with Crippen LogP contribution in [0.2, 0.25) is 0 Å². The minimum Gasteiger partial charge on any atom is -0.340 e. The number of hydrazine groups is 1. The van der Waals surface area contributed by atoms with Crippen LogP contribution >= 0.6 is 0 Å². The third kappa shape index (κ3) is 4.96. The van der Waals surface area contributed by atoms with Gasteiger partial charge in [0, 0.05) is 51.9 Å². The highest BCUT2D eigenvalue weighted by Crippen LogP contribution is 2.33. The number of hydrogen-bond acceptors (Lipinski definition) is 5. The summed E-state index contributed by atoms with van der Waals surface area (Å²) in [7, 11) is 0. The molecular formula is C27H34FN5O2. The molecule has 0 aliphatic carbocycles. The molecule has 186 valence electrons. The predicted molar refractivity (Wildman–Crippen MR) is 133 cm³/mol. The molecular weight excluding hydrogens is 445 g/mol. The number of fused-ring (bicyclic) bond motifs is 1. The Kier molecular flexibility index (Phi) is 6.86. The van der Waals surface area contributed by atoms with Gasteiger partial charge in [-0.2, -0.15) is 0 Å². The Balaban J connectivity index is 1.27. The first kappa shape index (κ1) is 23.9. The maximum absolute atomic E-state index is 13.8. The summed E-state index contributed by atoms with van der Waals surface area (Å²) < 4.78 is 13.2. The van der Waals surface area contributed by atoms with Crippen molar-refractivity contribution in [2.24, 2.45) is 11.8 Å². The molecule has 3 aliphatic rings. The van der Waals surface area contributed by atoms with E-state index in [1.54, 1.807) is 5.01 Å². The van der Waals surface area contributed by atoms with Gasteiger partial charge in [-0.25, -0.2) is 14.8 Å². The number of carbonyl (C=O) groups is 2. The lowest BCUT2D eigenvalue weighted by Crippen LogP contribution is -2.60. The summed E-state index contributed by atoms with van der Waals surface area (Å²) in [5, 5.41) is 1.64. The summed E-state index contributed by atoms with van der Waals surface area (Å²) in [5.74, 6) is -0.594. The largest absolute Gasteiger partial charge is 0.340 e. The van der Waals surface area contributed by atoms with Gasteiger partial charge in [0.05, 0.1) is 23.6 Å². The van der Waals surface area contributed by atoms with Gasteiger partial charge < -0.3 is 4.90 Å². The molecule has 8 heteroatoms. The molecule has 0 bridgehead atoms. The number of likely N-dealkylation sites (tertiary alicyclic amines) is 1. The van der Waals surface area contributed by atoms with E-state index in [0.717, 1.165) is 30.9 Å². The molecule has 2 aromatic rings. The van der Waals surface area contributed by atoms with Crippen molar-refractivity contribution in [3.8, 4) is 0 Å². The zero-order valence-corrected chi connectivity index (χ0v) is 20.4. The number of nitrogens with zero attached hydrogens (tertiary/aromatic N) is 4. The first-order valence-electron chi connectivity index (χ1n) is 12.6. The fraction of sp³-hybridized carbons (Fsp3) is 0.481. The van der Waals surface area contributed by atoms with E-state index in [1.807, 2.05) is 47.4 Å². The van der Waals surface area contributed by atoms with Gasteiger partial charge in [-0.3, -0.25) is 19.4 Å². The van der Waals surface area contributed by atoms with Crippen molar-refractivity contribution in [1.82, 2.24) is 20.1 Å². The van der Waals surface area contributed by atoms with Crippen LogP contribution in [0.5, 0.6) is 0 Å². The highest BCUT2D eigenvalue weighted by atomic mass is 19.1. The minimum atomic E-state index is -0.280. The zero-order chi connectivity index (χ0) is 24.5. The molecule has 1 N–H and O–H groups in total. The van der Waals surface area contributed by atoms with Crippen molar-refractivity contribution in [2.75, 3.05) is 44.3 Å². The van der Waals surface area contributed by atoms with Crippen molar-refractivity contribution in [1.29, 1.82) is 0 Å². The lowest BCUT2D eigenvalue weighted by Gasteiger charge is -2.43. The van der Waals surface area contributed by atoms with E-state index in [0.29, 0.717) is 26.2 Å². The summed E-state index contributed by atoms with van der Waals surface area (Å²) in [5.41, 5.74) is 5.28. The monoisotopic (exact) mass is 479 g/mol. The van der Waals surface area contributed by atoms with Crippen molar-refractivity contribution >= 4 is 17.5 Å². The molecule has 3 heterocycles. The first-order valence-corrected chi connectivity index (χ1v) is 12.6. The Labute approximate surface area is 206 Å². The highest BCUT2D eigenvalue weighted by Gasteiger charge is 2.52. The van der Waals surface area contributed by atoms with Gasteiger partial charge in [-0.15, -0.1) is 0 Å². The number of nitrogens with one attached hydrogen (secondary N) is 1. The summed E-state index contributed by atoms with van der Waals surface area (Å²) >= 11 is 0. The lowest BCUT2D eigenvalue weighted by atomic mass is 9.83. The van der Waals surface area contributed by atoms with Gasteiger partial charge in [-0.05, 0) is 43.7 Å². The van der Waals surface area contributed by atoms with Crippen molar-refractivity contribution in [2.45, 2.75) is 32.5 Å². The lowest BCUT2D eigenvalue weighted by molar-refractivity contribution is -0.141. The molecule has 3 atom stereocenters. The van der Waals surface area contributed by atoms with E-state index in [-0.39, 0.29) is 41.6 Å². The van der Waals surface area contributed by atoms with Crippen molar-refractivity contribution in [3.05, 3.63) is 66.0 Å². The van der Waals surface area contributed by atoms with Crippen molar-refractivity contribution in [3.63, 3.8) is 0 Å². The molecule has 35 heavy (non-hydrogen) atoms. The Hall–Kier alpha value is -2.81. The number of halogens is 1. The van der Waals surface area contributed by atoms with Gasteiger partial charge in [-0.1, -0.05) is 30.3 Å². The highest BCUT2D eigenvalue weighted by molar-refractivity contribution is 5.98. The topological polar surface area (TPSA) is 59.1 Å². The average molecular weight is 480 g/mol. The quantitative estimate of drug-likeness (QED) is 0.714. The molecule has 3 fully saturated rings. The molecule has 5 rings (SSSR count). The summed E-state index contributed by atoms with van der Waals surface area (Å²) in [6.45, 7) is 9.18. The fourth-order valence-corrected chi connectivity index (χ4v) is 5.52. The van der Waals surface area contributed by atoms with Crippen LogP contribution in [0.15, 0.2) is 54.6 Å². The van der Waals surface area contributed by atoms with Crippen LogP contribution in [-0.2, 0) is 16.1 Å². The van der Waals surface area contributed by atoms with E-state index in [9.17, 15) is 14.0 Å². The number of hydrogen-bond donors (Lipinski definition) is 1. The summed E-state index contributed by atoms with van der Waals surface area (Å²) in [6, 6.07) is 16.3. The van der Waals surface area contributed by atoms with Crippen LogP contribution in [0.1, 0.15) is 19.4 Å². The number of rotatable bonds is 5. The molecule has 0 radical (unpaired) electrons. The number of piperazine rings is 1. The van der Waals surface area contributed by atoms with E-state index in [1.165, 1.54) is 12.1 Å². The van der Waals surface area contributed by atoms with E-state index in [2.05, 4.69) is 29.1 Å². The number of benzene rings is 2. The van der Waals surface area contributed by atoms with Crippen LogP contribution in [-0.4, -0.2) is 77.9 Å². The Morgan fingerprint density at radius 3 is 2.34 bits per heavy atom. The molecule has 0 spiro atoms. The summed E-state index contributed by atoms with van der Waals surface area (Å²) in [6.07, 6.45) is 0. The third-order valence-corrected chi connectivity index (χ3v) is 7.61. The van der Waals surface area contributed by atoms with E-state index >= 15 is 0 Å². The second kappa shape index (κ2) is 10.0.